The Kier molecular flexibility index (Phi) is 4.20. The highest BCUT2D eigenvalue weighted by Gasteiger charge is 2.20. The second kappa shape index (κ2) is 5.87. The average molecular weight is 236 g/mol. The van der Waals surface area contributed by atoms with E-state index in [2.05, 4.69) is 10.6 Å². The molecular weight excluding hydrogens is 216 g/mol. The number of furan rings is 1. The number of carbonyl (C=O) groups excluding carboxylic acids is 1. The number of hydrogen-bond acceptors (Lipinski definition) is 3. The molecule has 1 amide bonds. The quantitative estimate of drug-likeness (QED) is 0.751. The van der Waals surface area contributed by atoms with E-state index in [1.165, 1.54) is 12.8 Å². The molecule has 0 bridgehead atoms. The molecule has 2 N–H and O–H groups in total. The fourth-order valence-electron chi connectivity index (χ4n) is 1.82. The van der Waals surface area contributed by atoms with Gasteiger partial charge in [-0.15, -0.1) is 0 Å². The van der Waals surface area contributed by atoms with Gasteiger partial charge in [-0.2, -0.15) is 0 Å². The monoisotopic (exact) mass is 236 g/mol. The molecule has 0 aromatic carbocycles. The van der Waals surface area contributed by atoms with Crippen LogP contribution in [0.4, 0.5) is 0 Å². The molecule has 0 radical (unpaired) electrons. The van der Waals surface area contributed by atoms with Crippen LogP contribution in [0.25, 0.3) is 0 Å². The molecule has 0 aliphatic heterocycles. The number of nitrogens with one attached hydrogen (secondary N) is 2. The Morgan fingerprint density at radius 3 is 3.06 bits per heavy atom. The molecule has 1 atom stereocenters. The predicted molar refractivity (Wildman–Crippen MR) is 65.6 cm³/mol. The largest absolute Gasteiger partial charge is 0.469 e. The first-order valence-corrected chi connectivity index (χ1v) is 6.26. The smallest absolute Gasteiger partial charge is 0.234 e. The third-order valence-corrected chi connectivity index (χ3v) is 2.91. The van der Waals surface area contributed by atoms with Crippen molar-refractivity contribution in [1.29, 1.82) is 0 Å². The molecule has 1 unspecified atom stereocenters. The highest BCUT2D eigenvalue weighted by Crippen LogP contribution is 2.27. The minimum absolute atomic E-state index is 0.0599. The standard InChI is InChI=1S/C13H20N2O2/c1-10(7-12-3-2-6-17-12)15-13(16)9-14-8-11-4-5-11/h2-3,6,10-11,14H,4-5,7-9H2,1H3,(H,15,16). The van der Waals surface area contributed by atoms with Crippen molar-refractivity contribution in [3.05, 3.63) is 24.2 Å². The van der Waals surface area contributed by atoms with Gasteiger partial charge in [0.05, 0.1) is 12.8 Å². The molecule has 4 nitrogen and oxygen atoms in total. The summed E-state index contributed by atoms with van der Waals surface area (Å²) in [5.74, 6) is 1.77. The molecule has 1 aliphatic carbocycles. The normalized spacial score (nSPS) is 16.8. The van der Waals surface area contributed by atoms with E-state index in [9.17, 15) is 4.79 Å². The molecule has 1 aromatic heterocycles. The topological polar surface area (TPSA) is 54.3 Å². The van der Waals surface area contributed by atoms with Crippen LogP contribution in [0.5, 0.6) is 0 Å². The van der Waals surface area contributed by atoms with Gasteiger partial charge < -0.3 is 15.1 Å². The maximum atomic E-state index is 11.6. The van der Waals surface area contributed by atoms with Gasteiger partial charge in [0.25, 0.3) is 0 Å². The van der Waals surface area contributed by atoms with E-state index in [4.69, 9.17) is 4.42 Å². The van der Waals surface area contributed by atoms with Crippen molar-refractivity contribution in [2.75, 3.05) is 13.1 Å². The lowest BCUT2D eigenvalue weighted by atomic mass is 10.2. The van der Waals surface area contributed by atoms with E-state index in [1.54, 1.807) is 6.26 Å². The van der Waals surface area contributed by atoms with Crippen molar-refractivity contribution in [1.82, 2.24) is 10.6 Å². The van der Waals surface area contributed by atoms with Crippen molar-refractivity contribution >= 4 is 5.91 Å². The lowest BCUT2D eigenvalue weighted by Gasteiger charge is -2.12. The summed E-state index contributed by atoms with van der Waals surface area (Å²) in [5.41, 5.74) is 0. The van der Waals surface area contributed by atoms with Crippen molar-refractivity contribution in [3.8, 4) is 0 Å². The van der Waals surface area contributed by atoms with Gasteiger partial charge >= 0.3 is 0 Å². The van der Waals surface area contributed by atoms with Crippen LogP contribution >= 0.6 is 0 Å². The van der Waals surface area contributed by atoms with Gasteiger partial charge in [-0.25, -0.2) is 0 Å². The Hall–Kier alpha value is -1.29. The van der Waals surface area contributed by atoms with Crippen molar-refractivity contribution < 1.29 is 9.21 Å². The van der Waals surface area contributed by atoms with Gasteiger partial charge in [0.2, 0.25) is 5.91 Å². The zero-order chi connectivity index (χ0) is 12.1. The van der Waals surface area contributed by atoms with Crippen LogP contribution in [0.2, 0.25) is 0 Å². The minimum atomic E-state index is 0.0599. The van der Waals surface area contributed by atoms with Crippen LogP contribution in [0.3, 0.4) is 0 Å². The Balaban J connectivity index is 1.59. The van der Waals surface area contributed by atoms with E-state index in [0.29, 0.717) is 6.54 Å². The summed E-state index contributed by atoms with van der Waals surface area (Å²) >= 11 is 0. The number of rotatable bonds is 7. The molecule has 0 spiro atoms. The van der Waals surface area contributed by atoms with Gasteiger partial charge in [-0.1, -0.05) is 0 Å². The summed E-state index contributed by atoms with van der Waals surface area (Å²) in [6.07, 6.45) is 5.01. The predicted octanol–water partition coefficient (Wildman–Crippen LogP) is 1.33. The number of hydrogen-bond donors (Lipinski definition) is 2. The zero-order valence-electron chi connectivity index (χ0n) is 10.2. The van der Waals surface area contributed by atoms with Crippen LogP contribution < -0.4 is 10.6 Å². The van der Waals surface area contributed by atoms with Gasteiger partial charge in [-0.05, 0) is 44.4 Å². The summed E-state index contributed by atoms with van der Waals surface area (Å²) in [6, 6.07) is 3.89. The van der Waals surface area contributed by atoms with Crippen LogP contribution in [0.15, 0.2) is 22.8 Å². The van der Waals surface area contributed by atoms with Gasteiger partial charge in [0.1, 0.15) is 5.76 Å². The fourth-order valence-corrected chi connectivity index (χ4v) is 1.82. The summed E-state index contributed by atoms with van der Waals surface area (Å²) in [4.78, 5) is 11.6. The molecule has 0 saturated heterocycles. The molecule has 1 aromatic rings. The van der Waals surface area contributed by atoms with Gasteiger partial charge in [0, 0.05) is 12.5 Å². The van der Waals surface area contributed by atoms with Gasteiger partial charge in [-0.3, -0.25) is 4.79 Å². The number of carbonyl (C=O) groups is 1. The summed E-state index contributed by atoms with van der Waals surface area (Å²) in [7, 11) is 0. The van der Waals surface area contributed by atoms with E-state index in [1.807, 2.05) is 19.1 Å². The van der Waals surface area contributed by atoms with E-state index in [0.717, 1.165) is 24.6 Å². The van der Waals surface area contributed by atoms with E-state index >= 15 is 0 Å². The fraction of sp³-hybridized carbons (Fsp3) is 0.615. The van der Waals surface area contributed by atoms with Crippen molar-refractivity contribution in [3.63, 3.8) is 0 Å². The highest BCUT2D eigenvalue weighted by molar-refractivity contribution is 5.78. The maximum absolute atomic E-state index is 11.6. The van der Waals surface area contributed by atoms with Crippen LogP contribution in [0.1, 0.15) is 25.5 Å². The second-order valence-corrected chi connectivity index (χ2v) is 4.83. The van der Waals surface area contributed by atoms with Crippen LogP contribution in [-0.4, -0.2) is 25.0 Å². The van der Waals surface area contributed by atoms with E-state index < -0.39 is 0 Å². The highest BCUT2D eigenvalue weighted by atomic mass is 16.3. The molecule has 2 rings (SSSR count). The van der Waals surface area contributed by atoms with Crippen LogP contribution in [-0.2, 0) is 11.2 Å². The lowest BCUT2D eigenvalue weighted by Crippen LogP contribution is -2.40. The number of amides is 1. The van der Waals surface area contributed by atoms with Crippen LogP contribution in [0, 0.1) is 5.92 Å². The molecule has 4 heteroatoms. The van der Waals surface area contributed by atoms with Gasteiger partial charge in [0.15, 0.2) is 0 Å². The molecular formula is C13H20N2O2. The Bertz CT molecular complexity index is 344. The maximum Gasteiger partial charge on any atom is 0.234 e. The third-order valence-electron chi connectivity index (χ3n) is 2.91. The Morgan fingerprint density at radius 1 is 1.59 bits per heavy atom. The molecule has 1 aliphatic rings. The summed E-state index contributed by atoms with van der Waals surface area (Å²) < 4.78 is 5.24. The Morgan fingerprint density at radius 2 is 2.41 bits per heavy atom. The third kappa shape index (κ3) is 4.61. The molecule has 1 heterocycles. The first-order chi connectivity index (χ1) is 8.24. The first kappa shape index (κ1) is 12.2. The van der Waals surface area contributed by atoms with E-state index in [-0.39, 0.29) is 11.9 Å². The lowest BCUT2D eigenvalue weighted by molar-refractivity contribution is -0.120. The molecule has 94 valence electrons. The Labute approximate surface area is 102 Å². The van der Waals surface area contributed by atoms with Crippen molar-refractivity contribution in [2.45, 2.75) is 32.2 Å². The zero-order valence-corrected chi connectivity index (χ0v) is 10.2. The SMILES string of the molecule is CC(Cc1ccco1)NC(=O)CNCC1CC1. The molecule has 1 saturated carbocycles. The average Bonchev–Trinajstić information content (AvgIpc) is 2.95. The summed E-state index contributed by atoms with van der Waals surface area (Å²) in [5, 5.41) is 6.13. The minimum Gasteiger partial charge on any atom is -0.469 e. The molecule has 17 heavy (non-hydrogen) atoms. The van der Waals surface area contributed by atoms with Crippen molar-refractivity contribution in [2.24, 2.45) is 5.92 Å². The second-order valence-electron chi connectivity index (χ2n) is 4.83. The summed E-state index contributed by atoms with van der Waals surface area (Å²) in [6.45, 7) is 3.38. The molecule has 1 fully saturated rings. The first-order valence-electron chi connectivity index (χ1n) is 6.26.